The number of aromatic nitrogens is 1. The quantitative estimate of drug-likeness (QED) is 0.678. The lowest BCUT2D eigenvalue weighted by Crippen LogP contribution is -2.34. The van der Waals surface area contributed by atoms with E-state index in [1.54, 1.807) is 0 Å². The fourth-order valence-corrected chi connectivity index (χ4v) is 4.23. The number of thiazole rings is 1. The summed E-state index contributed by atoms with van der Waals surface area (Å²) in [5.41, 5.74) is 1.17. The number of benzene rings is 1. The molecule has 1 aliphatic carbocycles. The molecule has 25 heavy (non-hydrogen) atoms. The normalized spacial score (nSPS) is 21.7. The maximum Gasteiger partial charge on any atom is 0.229 e. The van der Waals surface area contributed by atoms with Crippen LogP contribution in [-0.2, 0) is 10.2 Å². The zero-order valence-electron chi connectivity index (χ0n) is 14.4. The number of anilines is 1. The monoisotopic (exact) mass is 416 g/mol. The second kappa shape index (κ2) is 7.31. The molecule has 1 amide bonds. The van der Waals surface area contributed by atoms with Crippen LogP contribution in [0.1, 0.15) is 44.4 Å². The van der Waals surface area contributed by atoms with Gasteiger partial charge in [0.05, 0.1) is 11.1 Å². The molecule has 0 aliphatic heterocycles. The third kappa shape index (κ3) is 3.65. The minimum Gasteiger partial charge on any atom is -0.302 e. The van der Waals surface area contributed by atoms with E-state index in [4.69, 9.17) is 6.42 Å². The minimum absolute atomic E-state index is 0.0802. The van der Waals surface area contributed by atoms with Crippen LogP contribution >= 0.6 is 27.3 Å². The van der Waals surface area contributed by atoms with E-state index in [-0.39, 0.29) is 11.8 Å². The van der Waals surface area contributed by atoms with Crippen molar-refractivity contribution in [2.75, 3.05) is 5.32 Å². The van der Waals surface area contributed by atoms with Crippen molar-refractivity contribution in [3.8, 4) is 12.3 Å². The molecule has 0 bridgehead atoms. The second-order valence-electron chi connectivity index (χ2n) is 6.75. The molecule has 1 unspecified atom stereocenters. The van der Waals surface area contributed by atoms with E-state index in [2.05, 4.69) is 39.1 Å². The molecule has 1 fully saturated rings. The summed E-state index contributed by atoms with van der Waals surface area (Å²) in [6.45, 7) is 4.16. The molecule has 1 aromatic carbocycles. The fraction of sp³-hybridized carbons (Fsp3) is 0.400. The van der Waals surface area contributed by atoms with Gasteiger partial charge in [-0.05, 0) is 43.4 Å². The van der Waals surface area contributed by atoms with E-state index in [0.717, 1.165) is 35.0 Å². The summed E-state index contributed by atoms with van der Waals surface area (Å²) in [6, 6.07) is 7.95. The lowest BCUT2D eigenvalue weighted by molar-refractivity contribution is -0.123. The lowest BCUT2D eigenvalue weighted by Gasteiger charge is -2.33. The number of amides is 1. The Balaban J connectivity index is 1.74. The third-order valence-corrected chi connectivity index (χ3v) is 6.43. The van der Waals surface area contributed by atoms with Gasteiger partial charge in [0, 0.05) is 15.8 Å². The molecule has 2 aromatic rings. The average Bonchev–Trinajstić information content (AvgIpc) is 3.03. The summed E-state index contributed by atoms with van der Waals surface area (Å²) >= 11 is 4.87. The molecule has 130 valence electrons. The molecule has 1 saturated carbocycles. The average molecular weight is 417 g/mol. The highest BCUT2D eigenvalue weighted by Gasteiger charge is 2.34. The largest absolute Gasteiger partial charge is 0.302 e. The number of hydrogen-bond acceptors (Lipinski definition) is 3. The zero-order valence-corrected chi connectivity index (χ0v) is 16.8. The van der Waals surface area contributed by atoms with Crippen molar-refractivity contribution in [1.82, 2.24) is 4.98 Å². The van der Waals surface area contributed by atoms with Crippen molar-refractivity contribution in [2.45, 2.75) is 38.5 Å². The van der Waals surface area contributed by atoms with Crippen LogP contribution in [0, 0.1) is 24.2 Å². The van der Waals surface area contributed by atoms with Gasteiger partial charge in [-0.2, -0.15) is 0 Å². The van der Waals surface area contributed by atoms with Gasteiger partial charge in [-0.1, -0.05) is 47.3 Å². The molecule has 1 atom stereocenters. The predicted molar refractivity (Wildman–Crippen MR) is 107 cm³/mol. The summed E-state index contributed by atoms with van der Waals surface area (Å²) in [6.07, 6.45) is 8.97. The molecule has 1 N–H and O–H groups in total. The van der Waals surface area contributed by atoms with Crippen LogP contribution in [0.4, 0.5) is 5.13 Å². The van der Waals surface area contributed by atoms with E-state index in [1.807, 2.05) is 36.6 Å². The molecule has 3 rings (SSSR count). The predicted octanol–water partition coefficient (Wildman–Crippen LogP) is 5.22. The van der Waals surface area contributed by atoms with Crippen molar-refractivity contribution < 1.29 is 4.79 Å². The molecule has 0 radical (unpaired) electrons. The number of carbonyl (C=O) groups excluding carboxylic acids is 1. The highest BCUT2D eigenvalue weighted by Crippen LogP contribution is 2.37. The van der Waals surface area contributed by atoms with Crippen LogP contribution in [0.3, 0.4) is 0 Å². The Hall–Kier alpha value is -1.64. The first-order valence-corrected chi connectivity index (χ1v) is 10.1. The van der Waals surface area contributed by atoms with Gasteiger partial charge in [-0.15, -0.1) is 17.8 Å². The third-order valence-electron chi connectivity index (χ3n) is 5.14. The van der Waals surface area contributed by atoms with Crippen molar-refractivity contribution in [3.63, 3.8) is 0 Å². The fourth-order valence-electron chi connectivity index (χ4n) is 3.14. The highest BCUT2D eigenvalue weighted by molar-refractivity contribution is 9.10. The second-order valence-corrected chi connectivity index (χ2v) is 8.52. The smallest absolute Gasteiger partial charge is 0.229 e. The molecule has 1 aliphatic rings. The number of terminal acetylenes is 1. The van der Waals surface area contributed by atoms with Crippen molar-refractivity contribution in [2.24, 2.45) is 11.8 Å². The van der Waals surface area contributed by atoms with Gasteiger partial charge < -0.3 is 5.32 Å². The van der Waals surface area contributed by atoms with Gasteiger partial charge >= 0.3 is 0 Å². The molecule has 0 spiro atoms. The van der Waals surface area contributed by atoms with Gasteiger partial charge in [0.1, 0.15) is 0 Å². The Morgan fingerprint density at radius 3 is 2.72 bits per heavy atom. The van der Waals surface area contributed by atoms with Crippen molar-refractivity contribution in [1.29, 1.82) is 0 Å². The molecule has 1 aromatic heterocycles. The van der Waals surface area contributed by atoms with Gasteiger partial charge in [0.25, 0.3) is 0 Å². The molecular weight excluding hydrogens is 396 g/mol. The topological polar surface area (TPSA) is 42.0 Å². The maximum atomic E-state index is 12.3. The Morgan fingerprint density at radius 1 is 1.44 bits per heavy atom. The number of rotatable bonds is 5. The molecular formula is C20H21BrN2OS. The maximum absolute atomic E-state index is 12.3. The Labute approximate surface area is 161 Å². The van der Waals surface area contributed by atoms with Crippen LogP contribution in [0.2, 0.25) is 0 Å². The Kier molecular flexibility index (Phi) is 5.31. The number of nitrogens with zero attached hydrogens (tertiary/aromatic N) is 1. The van der Waals surface area contributed by atoms with Crippen LogP contribution in [0.25, 0.3) is 0 Å². The molecule has 3 nitrogen and oxygen atoms in total. The Morgan fingerprint density at radius 2 is 2.12 bits per heavy atom. The van der Waals surface area contributed by atoms with Gasteiger partial charge in [-0.3, -0.25) is 4.79 Å². The first kappa shape index (κ1) is 18.2. The number of carbonyl (C=O) groups is 1. The number of nitrogens with one attached hydrogen (secondary N) is 1. The summed E-state index contributed by atoms with van der Waals surface area (Å²) < 4.78 is 1.01. The number of halogens is 1. The van der Waals surface area contributed by atoms with E-state index in [9.17, 15) is 4.79 Å². The van der Waals surface area contributed by atoms with E-state index in [1.165, 1.54) is 11.3 Å². The molecule has 0 saturated heterocycles. The Bertz CT molecular complexity index is 802. The van der Waals surface area contributed by atoms with Crippen LogP contribution in [-0.4, -0.2) is 10.9 Å². The standard InChI is InChI=1S/C20H21BrN2OS/c1-4-13-10-14(11-13)18(24)23-19-22-17(12-25-19)20(3,5-2)15-6-8-16(21)9-7-15/h2,6-9,12-14H,4,10-11H2,1,3H3,(H,22,23,24)/t13-,14-,20?. The van der Waals surface area contributed by atoms with E-state index in [0.29, 0.717) is 11.0 Å². The van der Waals surface area contributed by atoms with Crippen molar-refractivity contribution >= 4 is 38.3 Å². The van der Waals surface area contributed by atoms with Crippen LogP contribution < -0.4 is 5.32 Å². The van der Waals surface area contributed by atoms with Gasteiger partial charge in [0.2, 0.25) is 5.91 Å². The molecule has 5 heteroatoms. The van der Waals surface area contributed by atoms with Crippen molar-refractivity contribution in [3.05, 3.63) is 45.4 Å². The van der Waals surface area contributed by atoms with E-state index < -0.39 is 5.41 Å². The highest BCUT2D eigenvalue weighted by atomic mass is 79.9. The molecule has 1 heterocycles. The van der Waals surface area contributed by atoms with Gasteiger partial charge in [-0.25, -0.2) is 4.98 Å². The zero-order chi connectivity index (χ0) is 18.0. The van der Waals surface area contributed by atoms with Crippen LogP contribution in [0.5, 0.6) is 0 Å². The first-order chi connectivity index (χ1) is 12.0. The minimum atomic E-state index is -0.621. The first-order valence-electron chi connectivity index (χ1n) is 8.47. The van der Waals surface area contributed by atoms with Crippen LogP contribution in [0.15, 0.2) is 34.1 Å². The summed E-state index contributed by atoms with van der Waals surface area (Å²) in [5.74, 6) is 3.78. The summed E-state index contributed by atoms with van der Waals surface area (Å²) in [5, 5.41) is 5.52. The lowest BCUT2D eigenvalue weighted by atomic mass is 9.73. The summed E-state index contributed by atoms with van der Waals surface area (Å²) in [4.78, 5) is 16.9. The SMILES string of the molecule is C#CC(C)(c1ccc(Br)cc1)c1csc(NC(=O)[C@H]2C[C@H](CC)C2)n1. The summed E-state index contributed by atoms with van der Waals surface area (Å²) in [7, 11) is 0. The number of hydrogen-bond donors (Lipinski definition) is 1. The van der Waals surface area contributed by atoms with E-state index >= 15 is 0 Å². The van der Waals surface area contributed by atoms with Gasteiger partial charge in [0.15, 0.2) is 5.13 Å².